The Morgan fingerprint density at radius 3 is 2.90 bits per heavy atom. The van der Waals surface area contributed by atoms with E-state index in [1.54, 1.807) is 35.0 Å². The summed E-state index contributed by atoms with van der Waals surface area (Å²) in [6.07, 6.45) is 1.71. The fraction of sp³-hybridized carbons (Fsp3) is 0.143. The number of hydrogen-bond donors (Lipinski definition) is 2. The predicted octanol–water partition coefficient (Wildman–Crippen LogP) is 2.98. The molecule has 0 unspecified atom stereocenters. The van der Waals surface area contributed by atoms with E-state index >= 15 is 0 Å². The first-order valence-electron chi connectivity index (χ1n) is 6.01. The molecule has 0 saturated heterocycles. The van der Waals surface area contributed by atoms with Gasteiger partial charge < -0.3 is 15.6 Å². The highest BCUT2D eigenvalue weighted by Gasteiger charge is 2.14. The lowest BCUT2D eigenvalue weighted by Gasteiger charge is -2.09. The summed E-state index contributed by atoms with van der Waals surface area (Å²) in [5.41, 5.74) is 7.58. The van der Waals surface area contributed by atoms with Crippen LogP contribution in [0.2, 0.25) is 0 Å². The highest BCUT2D eigenvalue weighted by Crippen LogP contribution is 2.21. The summed E-state index contributed by atoms with van der Waals surface area (Å²) in [6, 6.07) is 8.77. The van der Waals surface area contributed by atoms with Gasteiger partial charge in [-0.1, -0.05) is 15.9 Å². The molecule has 1 aromatic carbocycles. The van der Waals surface area contributed by atoms with E-state index in [0.717, 1.165) is 4.47 Å². The quantitative estimate of drug-likeness (QED) is 0.906. The van der Waals surface area contributed by atoms with E-state index in [-0.39, 0.29) is 5.91 Å². The molecule has 1 heterocycles. The van der Waals surface area contributed by atoms with Gasteiger partial charge in [0.1, 0.15) is 11.8 Å². The van der Waals surface area contributed by atoms with Gasteiger partial charge in [0.15, 0.2) is 0 Å². The Morgan fingerprint density at radius 2 is 2.25 bits per heavy atom. The van der Waals surface area contributed by atoms with Crippen LogP contribution in [0.4, 0.5) is 11.4 Å². The monoisotopic (exact) mass is 332 g/mol. The van der Waals surface area contributed by atoms with E-state index in [4.69, 9.17) is 11.0 Å². The molecule has 0 radical (unpaired) electrons. The van der Waals surface area contributed by atoms with Crippen molar-refractivity contribution in [2.75, 3.05) is 11.1 Å². The molecule has 0 bridgehead atoms. The van der Waals surface area contributed by atoms with Crippen LogP contribution in [0.3, 0.4) is 0 Å². The number of aryl methyl sites for hydroxylation is 1. The fourth-order valence-corrected chi connectivity index (χ4v) is 2.25. The molecule has 0 aliphatic heterocycles. The van der Waals surface area contributed by atoms with Crippen molar-refractivity contribution in [2.45, 2.75) is 13.5 Å². The number of anilines is 2. The van der Waals surface area contributed by atoms with Crippen molar-refractivity contribution in [1.29, 1.82) is 5.26 Å². The van der Waals surface area contributed by atoms with Crippen LogP contribution in [0.15, 0.2) is 34.9 Å². The molecule has 102 valence electrons. The Morgan fingerprint density at radius 1 is 1.50 bits per heavy atom. The molecule has 1 amide bonds. The van der Waals surface area contributed by atoms with Crippen molar-refractivity contribution in [3.8, 4) is 6.07 Å². The molecular weight excluding hydrogens is 320 g/mol. The molecule has 0 aliphatic rings. The zero-order chi connectivity index (χ0) is 14.7. The number of nitrogen functional groups attached to an aromatic ring is 1. The van der Waals surface area contributed by atoms with Gasteiger partial charge in [0.2, 0.25) is 0 Å². The second-order valence-corrected chi connectivity index (χ2v) is 5.12. The fourth-order valence-electron chi connectivity index (χ4n) is 1.89. The smallest absolute Gasteiger partial charge is 0.272 e. The average Bonchev–Trinajstić information content (AvgIpc) is 2.82. The summed E-state index contributed by atoms with van der Waals surface area (Å²) >= 11 is 3.29. The number of nitriles is 1. The molecule has 3 N–H and O–H groups in total. The molecule has 5 nitrogen and oxygen atoms in total. The van der Waals surface area contributed by atoms with Crippen molar-refractivity contribution >= 4 is 33.2 Å². The third-order valence-corrected chi connectivity index (χ3v) is 3.33. The lowest BCUT2D eigenvalue weighted by molar-refractivity contribution is 0.101. The number of aromatic nitrogens is 1. The number of benzene rings is 1. The molecule has 2 rings (SSSR count). The zero-order valence-corrected chi connectivity index (χ0v) is 12.4. The Balaban J connectivity index is 2.30. The Hall–Kier alpha value is -2.26. The van der Waals surface area contributed by atoms with Gasteiger partial charge in [0.25, 0.3) is 5.91 Å². The first-order chi connectivity index (χ1) is 9.55. The van der Waals surface area contributed by atoms with Gasteiger partial charge in [0.05, 0.1) is 16.9 Å². The van der Waals surface area contributed by atoms with Crippen LogP contribution in [0.5, 0.6) is 0 Å². The molecular formula is C14H13BrN4O. The number of rotatable bonds is 3. The Labute approximate surface area is 125 Å². The van der Waals surface area contributed by atoms with E-state index in [9.17, 15) is 4.79 Å². The lowest BCUT2D eigenvalue weighted by Crippen LogP contribution is -2.17. The van der Waals surface area contributed by atoms with Crippen molar-refractivity contribution in [3.63, 3.8) is 0 Å². The predicted molar refractivity (Wildman–Crippen MR) is 81.3 cm³/mol. The van der Waals surface area contributed by atoms with Crippen LogP contribution in [0.25, 0.3) is 0 Å². The molecule has 20 heavy (non-hydrogen) atoms. The number of amides is 1. The normalized spacial score (nSPS) is 10.1. The molecule has 0 saturated carbocycles. The van der Waals surface area contributed by atoms with Gasteiger partial charge in [-0.2, -0.15) is 5.26 Å². The topological polar surface area (TPSA) is 83.8 Å². The van der Waals surface area contributed by atoms with Gasteiger partial charge in [-0.05, 0) is 31.2 Å². The maximum Gasteiger partial charge on any atom is 0.272 e. The first-order valence-corrected chi connectivity index (χ1v) is 6.81. The minimum absolute atomic E-state index is 0.289. The Kier molecular flexibility index (Phi) is 4.11. The van der Waals surface area contributed by atoms with Crippen molar-refractivity contribution < 1.29 is 4.79 Å². The molecule has 2 aromatic rings. The summed E-state index contributed by atoms with van der Waals surface area (Å²) in [4.78, 5) is 12.3. The van der Waals surface area contributed by atoms with E-state index in [1.165, 1.54) is 0 Å². The van der Waals surface area contributed by atoms with Crippen LogP contribution in [-0.2, 0) is 6.54 Å². The van der Waals surface area contributed by atoms with Crippen molar-refractivity contribution in [3.05, 3.63) is 46.2 Å². The molecule has 0 fully saturated rings. The maximum atomic E-state index is 12.3. The first kappa shape index (κ1) is 14.2. The van der Waals surface area contributed by atoms with Gasteiger partial charge >= 0.3 is 0 Å². The second kappa shape index (κ2) is 5.80. The second-order valence-electron chi connectivity index (χ2n) is 4.20. The van der Waals surface area contributed by atoms with Crippen molar-refractivity contribution in [2.24, 2.45) is 0 Å². The minimum Gasteiger partial charge on any atom is -0.397 e. The molecule has 0 spiro atoms. The average molecular weight is 333 g/mol. The van der Waals surface area contributed by atoms with Gasteiger partial charge in [0, 0.05) is 17.2 Å². The highest BCUT2D eigenvalue weighted by molar-refractivity contribution is 9.10. The number of halogens is 1. The molecule has 1 aromatic heterocycles. The standard InChI is InChI=1S/C14H13BrN4O/c1-2-19-8-11(17)6-13(19)14(20)18-12-4-3-10(15)5-9(12)7-16/h3-6,8H,2,17H2,1H3,(H,18,20). The van der Waals surface area contributed by atoms with Gasteiger partial charge in [-0.25, -0.2) is 0 Å². The third-order valence-electron chi connectivity index (χ3n) is 2.84. The van der Waals surface area contributed by atoms with Crippen LogP contribution in [0, 0.1) is 11.3 Å². The van der Waals surface area contributed by atoms with E-state index < -0.39 is 0 Å². The highest BCUT2D eigenvalue weighted by atomic mass is 79.9. The number of nitrogens with one attached hydrogen (secondary N) is 1. The zero-order valence-electron chi connectivity index (χ0n) is 10.9. The molecule has 0 atom stereocenters. The number of nitrogens with zero attached hydrogens (tertiary/aromatic N) is 2. The summed E-state index contributed by atoms with van der Waals surface area (Å²) in [5, 5.41) is 11.8. The van der Waals surface area contributed by atoms with Crippen LogP contribution < -0.4 is 11.1 Å². The summed E-state index contributed by atoms with van der Waals surface area (Å²) in [7, 11) is 0. The van der Waals surface area contributed by atoms with Crippen molar-refractivity contribution in [1.82, 2.24) is 4.57 Å². The summed E-state index contributed by atoms with van der Waals surface area (Å²) < 4.78 is 2.54. The largest absolute Gasteiger partial charge is 0.397 e. The molecule has 6 heteroatoms. The Bertz CT molecular complexity index is 700. The van der Waals surface area contributed by atoms with E-state index in [2.05, 4.69) is 27.3 Å². The number of carbonyl (C=O) groups excluding carboxylic acids is 1. The van der Waals surface area contributed by atoms with Crippen LogP contribution in [-0.4, -0.2) is 10.5 Å². The van der Waals surface area contributed by atoms with E-state index in [1.807, 2.05) is 6.92 Å². The third kappa shape index (κ3) is 2.83. The van der Waals surface area contributed by atoms with Gasteiger partial charge in [-0.15, -0.1) is 0 Å². The lowest BCUT2D eigenvalue weighted by atomic mass is 10.2. The summed E-state index contributed by atoms with van der Waals surface area (Å²) in [6.45, 7) is 2.57. The SMILES string of the molecule is CCn1cc(N)cc1C(=O)Nc1ccc(Br)cc1C#N. The summed E-state index contributed by atoms with van der Waals surface area (Å²) in [5.74, 6) is -0.289. The van der Waals surface area contributed by atoms with Gasteiger partial charge in [-0.3, -0.25) is 4.79 Å². The minimum atomic E-state index is -0.289. The van der Waals surface area contributed by atoms with E-state index in [0.29, 0.717) is 29.2 Å². The maximum absolute atomic E-state index is 12.3. The van der Waals surface area contributed by atoms with Crippen LogP contribution >= 0.6 is 15.9 Å². The number of carbonyl (C=O) groups is 1. The number of hydrogen-bond acceptors (Lipinski definition) is 3. The van der Waals surface area contributed by atoms with Crippen LogP contribution in [0.1, 0.15) is 23.0 Å². The number of nitrogens with two attached hydrogens (primary N) is 1. The molecule has 0 aliphatic carbocycles.